The molecule has 0 bridgehead atoms. The SMILES string of the molecule is CC(C)(O)CCCOc1ccc(F)c(-c2cc(NC(=O)c3nnc(CC4CCCCC4)[nH]3)ncc2Cl)c1. The first kappa shape index (κ1) is 27.0. The minimum absolute atomic E-state index is 0.0942. The van der Waals surface area contributed by atoms with E-state index in [2.05, 4.69) is 25.5 Å². The zero-order valence-corrected chi connectivity index (χ0v) is 21.9. The van der Waals surface area contributed by atoms with Gasteiger partial charge >= 0.3 is 0 Å². The molecule has 0 radical (unpaired) electrons. The molecular formula is C27H33ClFN5O3. The number of carbonyl (C=O) groups is 1. The van der Waals surface area contributed by atoms with E-state index in [1.165, 1.54) is 56.5 Å². The molecule has 10 heteroatoms. The number of pyridine rings is 1. The highest BCUT2D eigenvalue weighted by molar-refractivity contribution is 6.33. The highest BCUT2D eigenvalue weighted by atomic mass is 35.5. The maximum absolute atomic E-state index is 14.8. The second-order valence-corrected chi connectivity index (χ2v) is 10.6. The fourth-order valence-corrected chi connectivity index (χ4v) is 4.75. The number of H-pyrrole nitrogens is 1. The quantitative estimate of drug-likeness (QED) is 0.279. The van der Waals surface area contributed by atoms with Crippen LogP contribution in [0.2, 0.25) is 5.02 Å². The van der Waals surface area contributed by atoms with Crippen molar-refractivity contribution in [1.82, 2.24) is 20.2 Å². The molecular weight excluding hydrogens is 497 g/mol. The van der Waals surface area contributed by atoms with E-state index in [1.54, 1.807) is 19.9 Å². The number of hydrogen-bond acceptors (Lipinski definition) is 6. The Bertz CT molecular complexity index is 1220. The number of nitrogens with one attached hydrogen (secondary N) is 2. The smallest absolute Gasteiger partial charge is 0.294 e. The predicted octanol–water partition coefficient (Wildman–Crippen LogP) is 5.96. The van der Waals surface area contributed by atoms with Crippen molar-refractivity contribution in [3.63, 3.8) is 0 Å². The standard InChI is InChI=1S/C27H33ClFN5O3/c1-27(2,36)11-6-12-37-18-9-10-22(29)20(14-18)19-15-23(30-16-21(19)28)32-26(35)25-31-24(33-34-25)13-17-7-4-3-5-8-17/h9-10,14-17,36H,3-8,11-13H2,1-2H3,(H,30,32,35)(H,31,33,34). The minimum Gasteiger partial charge on any atom is -0.494 e. The summed E-state index contributed by atoms with van der Waals surface area (Å²) in [5, 5.41) is 20.9. The molecule has 0 atom stereocenters. The van der Waals surface area contributed by atoms with Crippen LogP contribution in [-0.4, -0.2) is 43.4 Å². The van der Waals surface area contributed by atoms with Gasteiger partial charge in [-0.05, 0) is 56.9 Å². The van der Waals surface area contributed by atoms with Crippen LogP contribution in [0.25, 0.3) is 11.1 Å². The molecule has 1 aliphatic carbocycles. The van der Waals surface area contributed by atoms with Crippen molar-refractivity contribution in [3.05, 3.63) is 53.0 Å². The zero-order chi connectivity index (χ0) is 26.4. The van der Waals surface area contributed by atoms with Crippen LogP contribution in [0.15, 0.2) is 30.5 Å². The van der Waals surface area contributed by atoms with Crippen molar-refractivity contribution in [3.8, 4) is 16.9 Å². The van der Waals surface area contributed by atoms with Gasteiger partial charge in [-0.2, -0.15) is 0 Å². The van der Waals surface area contributed by atoms with E-state index < -0.39 is 17.3 Å². The van der Waals surface area contributed by atoms with Gasteiger partial charge in [-0.25, -0.2) is 9.37 Å². The number of rotatable bonds is 10. The van der Waals surface area contributed by atoms with Crippen LogP contribution in [-0.2, 0) is 6.42 Å². The molecule has 37 heavy (non-hydrogen) atoms. The lowest BCUT2D eigenvalue weighted by Crippen LogP contribution is -2.19. The molecule has 0 spiro atoms. The van der Waals surface area contributed by atoms with Crippen molar-refractivity contribution in [2.75, 3.05) is 11.9 Å². The molecule has 1 saturated carbocycles. The van der Waals surface area contributed by atoms with Crippen LogP contribution < -0.4 is 10.1 Å². The van der Waals surface area contributed by atoms with Crippen molar-refractivity contribution >= 4 is 23.3 Å². The van der Waals surface area contributed by atoms with E-state index >= 15 is 0 Å². The van der Waals surface area contributed by atoms with E-state index in [1.807, 2.05) is 0 Å². The van der Waals surface area contributed by atoms with E-state index in [0.717, 1.165) is 6.42 Å². The fraction of sp³-hybridized carbons (Fsp3) is 0.481. The average molecular weight is 530 g/mol. The van der Waals surface area contributed by atoms with Crippen LogP contribution in [0, 0.1) is 11.7 Å². The van der Waals surface area contributed by atoms with Gasteiger partial charge in [0.1, 0.15) is 23.2 Å². The Balaban J connectivity index is 1.43. The van der Waals surface area contributed by atoms with Gasteiger partial charge in [-0.15, -0.1) is 10.2 Å². The normalized spacial score (nSPS) is 14.5. The molecule has 2 aromatic heterocycles. The molecule has 3 N–H and O–H groups in total. The van der Waals surface area contributed by atoms with Gasteiger partial charge in [0.25, 0.3) is 5.91 Å². The van der Waals surface area contributed by atoms with Gasteiger partial charge in [0.15, 0.2) is 0 Å². The number of nitrogens with zero attached hydrogens (tertiary/aromatic N) is 3. The summed E-state index contributed by atoms with van der Waals surface area (Å²) in [6.07, 6.45) is 9.44. The van der Waals surface area contributed by atoms with E-state index in [-0.39, 0.29) is 22.2 Å². The Morgan fingerprint density at radius 2 is 2.00 bits per heavy atom. The van der Waals surface area contributed by atoms with Gasteiger partial charge in [0, 0.05) is 23.7 Å². The second-order valence-electron chi connectivity index (χ2n) is 10.2. The molecule has 4 rings (SSSR count). The van der Waals surface area contributed by atoms with Crippen molar-refractivity contribution in [1.29, 1.82) is 0 Å². The monoisotopic (exact) mass is 529 g/mol. The van der Waals surface area contributed by atoms with Crippen LogP contribution in [0.4, 0.5) is 10.2 Å². The Morgan fingerprint density at radius 3 is 2.76 bits per heavy atom. The molecule has 0 unspecified atom stereocenters. The molecule has 0 aliphatic heterocycles. The molecule has 8 nitrogen and oxygen atoms in total. The van der Waals surface area contributed by atoms with E-state index in [0.29, 0.717) is 42.5 Å². The minimum atomic E-state index is -0.772. The van der Waals surface area contributed by atoms with Gasteiger partial charge in [-0.3, -0.25) is 4.79 Å². The number of aromatic amines is 1. The molecule has 0 saturated heterocycles. The molecule has 198 valence electrons. The molecule has 3 aromatic rings. The zero-order valence-electron chi connectivity index (χ0n) is 21.2. The summed E-state index contributed by atoms with van der Waals surface area (Å²) in [5.74, 6) is 1.04. The first-order valence-corrected chi connectivity index (χ1v) is 13.1. The molecule has 1 fully saturated rings. The number of anilines is 1. The predicted molar refractivity (Wildman–Crippen MR) is 140 cm³/mol. The molecule has 2 heterocycles. The number of hydrogen-bond donors (Lipinski definition) is 3. The lowest BCUT2D eigenvalue weighted by molar-refractivity contribution is 0.0641. The second kappa shape index (κ2) is 12.0. The van der Waals surface area contributed by atoms with Crippen LogP contribution >= 0.6 is 11.6 Å². The first-order chi connectivity index (χ1) is 17.7. The number of benzene rings is 1. The third-order valence-electron chi connectivity index (χ3n) is 6.48. The van der Waals surface area contributed by atoms with E-state index in [4.69, 9.17) is 16.3 Å². The Hall–Kier alpha value is -3.04. The Morgan fingerprint density at radius 1 is 1.22 bits per heavy atom. The molecule has 1 aliphatic rings. The largest absolute Gasteiger partial charge is 0.494 e. The summed E-state index contributed by atoms with van der Waals surface area (Å²) in [6.45, 7) is 3.85. The highest BCUT2D eigenvalue weighted by Crippen LogP contribution is 2.34. The van der Waals surface area contributed by atoms with Gasteiger partial charge < -0.3 is 20.1 Å². The maximum atomic E-state index is 14.8. The highest BCUT2D eigenvalue weighted by Gasteiger charge is 2.19. The van der Waals surface area contributed by atoms with Gasteiger partial charge in [0.2, 0.25) is 5.82 Å². The summed E-state index contributed by atoms with van der Waals surface area (Å²) in [6, 6.07) is 5.91. The van der Waals surface area contributed by atoms with Crippen LogP contribution in [0.1, 0.15) is 75.2 Å². The van der Waals surface area contributed by atoms with Crippen molar-refractivity contribution < 1.29 is 19.0 Å². The number of ether oxygens (including phenoxy) is 1. The lowest BCUT2D eigenvalue weighted by atomic mass is 9.87. The van der Waals surface area contributed by atoms with Crippen molar-refractivity contribution in [2.24, 2.45) is 5.92 Å². The third kappa shape index (κ3) is 7.72. The van der Waals surface area contributed by atoms with Crippen LogP contribution in [0.5, 0.6) is 5.75 Å². The number of aromatic nitrogens is 4. The maximum Gasteiger partial charge on any atom is 0.294 e. The van der Waals surface area contributed by atoms with Gasteiger partial charge in [0.05, 0.1) is 17.2 Å². The summed E-state index contributed by atoms with van der Waals surface area (Å²) in [7, 11) is 0. The topological polar surface area (TPSA) is 113 Å². The third-order valence-corrected chi connectivity index (χ3v) is 6.78. The number of carbonyl (C=O) groups excluding carboxylic acids is 1. The Labute approximate surface area is 221 Å². The lowest BCUT2D eigenvalue weighted by Gasteiger charge is -2.19. The number of aliphatic hydroxyl groups is 1. The summed E-state index contributed by atoms with van der Waals surface area (Å²) in [4.78, 5) is 19.9. The molecule has 1 amide bonds. The van der Waals surface area contributed by atoms with Crippen molar-refractivity contribution in [2.45, 2.75) is 70.8 Å². The van der Waals surface area contributed by atoms with E-state index in [9.17, 15) is 14.3 Å². The fourth-order valence-electron chi connectivity index (χ4n) is 4.54. The number of halogens is 2. The average Bonchev–Trinajstić information content (AvgIpc) is 3.33. The first-order valence-electron chi connectivity index (χ1n) is 12.7. The number of amides is 1. The molecule has 1 aromatic carbocycles. The summed E-state index contributed by atoms with van der Waals surface area (Å²) < 4.78 is 20.5. The summed E-state index contributed by atoms with van der Waals surface area (Å²) >= 11 is 6.34. The van der Waals surface area contributed by atoms with Gasteiger partial charge in [-0.1, -0.05) is 43.7 Å². The van der Waals surface area contributed by atoms with Crippen LogP contribution in [0.3, 0.4) is 0 Å². The Kier molecular flexibility index (Phi) is 8.76. The summed E-state index contributed by atoms with van der Waals surface area (Å²) in [5.41, 5.74) is -0.190.